The zero-order valence-electron chi connectivity index (χ0n) is 11.4. The number of hydrogen-bond donors (Lipinski definition) is 1. The number of nitrogens with zero attached hydrogens (tertiary/aromatic N) is 1. The van der Waals surface area contributed by atoms with E-state index in [0.717, 1.165) is 36.1 Å². The highest BCUT2D eigenvalue weighted by molar-refractivity contribution is 6.04. The molecular formula is C15H22N2O. The normalized spacial score (nSPS) is 20.1. The SMILES string of the molecule is CCCC(N)c1ccc2c(c1)C(CC)C(=O)N2C. The molecule has 0 saturated carbocycles. The summed E-state index contributed by atoms with van der Waals surface area (Å²) in [5.41, 5.74) is 9.50. The minimum atomic E-state index is 0.0128. The first-order valence-corrected chi connectivity index (χ1v) is 6.77. The molecular weight excluding hydrogens is 224 g/mol. The first kappa shape index (κ1) is 13.1. The van der Waals surface area contributed by atoms with E-state index in [-0.39, 0.29) is 17.9 Å². The van der Waals surface area contributed by atoms with E-state index in [4.69, 9.17) is 5.73 Å². The van der Waals surface area contributed by atoms with Crippen LogP contribution < -0.4 is 10.6 Å². The molecule has 98 valence electrons. The number of rotatable bonds is 4. The molecule has 2 N–H and O–H groups in total. The van der Waals surface area contributed by atoms with Gasteiger partial charge in [0.25, 0.3) is 0 Å². The van der Waals surface area contributed by atoms with Crippen LogP contribution in [0.2, 0.25) is 0 Å². The summed E-state index contributed by atoms with van der Waals surface area (Å²) in [6.07, 6.45) is 2.91. The fourth-order valence-corrected chi connectivity index (χ4v) is 2.75. The molecule has 1 aromatic carbocycles. The minimum absolute atomic E-state index is 0.0128. The Bertz CT molecular complexity index is 456. The summed E-state index contributed by atoms with van der Waals surface area (Å²) in [6, 6.07) is 6.30. The smallest absolute Gasteiger partial charge is 0.234 e. The van der Waals surface area contributed by atoms with E-state index in [2.05, 4.69) is 26.0 Å². The van der Waals surface area contributed by atoms with Crippen LogP contribution in [0.3, 0.4) is 0 Å². The van der Waals surface area contributed by atoms with Crippen LogP contribution in [0.4, 0.5) is 5.69 Å². The number of anilines is 1. The van der Waals surface area contributed by atoms with Gasteiger partial charge in [-0.05, 0) is 30.0 Å². The molecule has 1 aromatic rings. The van der Waals surface area contributed by atoms with Crippen molar-refractivity contribution >= 4 is 11.6 Å². The number of benzene rings is 1. The standard InChI is InChI=1S/C15H22N2O/c1-4-6-13(16)10-7-8-14-12(9-10)11(5-2)15(18)17(14)3/h7-9,11,13H,4-6,16H2,1-3H3. The molecule has 2 atom stereocenters. The Balaban J connectivity index is 2.38. The predicted molar refractivity (Wildman–Crippen MR) is 74.7 cm³/mol. The van der Waals surface area contributed by atoms with E-state index >= 15 is 0 Å². The third-order valence-electron chi connectivity index (χ3n) is 3.85. The van der Waals surface area contributed by atoms with Crippen molar-refractivity contribution in [2.45, 2.75) is 45.1 Å². The van der Waals surface area contributed by atoms with E-state index in [1.54, 1.807) is 4.90 Å². The van der Waals surface area contributed by atoms with Crippen LogP contribution in [0.25, 0.3) is 0 Å². The number of carbonyl (C=O) groups excluding carboxylic acids is 1. The third-order valence-corrected chi connectivity index (χ3v) is 3.85. The van der Waals surface area contributed by atoms with Gasteiger partial charge in [-0.1, -0.05) is 32.4 Å². The van der Waals surface area contributed by atoms with E-state index in [9.17, 15) is 4.79 Å². The second-order valence-electron chi connectivity index (χ2n) is 5.07. The average molecular weight is 246 g/mol. The minimum Gasteiger partial charge on any atom is -0.324 e. The summed E-state index contributed by atoms with van der Waals surface area (Å²) in [4.78, 5) is 13.9. The zero-order valence-corrected chi connectivity index (χ0v) is 11.4. The lowest BCUT2D eigenvalue weighted by Crippen LogP contribution is -2.23. The molecule has 0 spiro atoms. The number of likely N-dealkylation sites (N-methyl/N-ethyl adjacent to an activating group) is 1. The van der Waals surface area contributed by atoms with Crippen molar-refractivity contribution in [3.63, 3.8) is 0 Å². The topological polar surface area (TPSA) is 46.3 Å². The Hall–Kier alpha value is -1.35. The maximum absolute atomic E-state index is 12.1. The highest BCUT2D eigenvalue weighted by atomic mass is 16.2. The lowest BCUT2D eigenvalue weighted by Gasteiger charge is -2.14. The zero-order chi connectivity index (χ0) is 13.3. The maximum atomic E-state index is 12.1. The van der Waals surface area contributed by atoms with Crippen LogP contribution in [0.5, 0.6) is 0 Å². The van der Waals surface area contributed by atoms with Crippen LogP contribution in [-0.2, 0) is 4.79 Å². The van der Waals surface area contributed by atoms with Gasteiger partial charge in [0.15, 0.2) is 0 Å². The Kier molecular flexibility index (Phi) is 3.71. The van der Waals surface area contributed by atoms with Crippen molar-refractivity contribution in [2.24, 2.45) is 5.73 Å². The summed E-state index contributed by atoms with van der Waals surface area (Å²) in [6.45, 7) is 4.20. The number of fused-ring (bicyclic) bond motifs is 1. The number of nitrogens with two attached hydrogens (primary N) is 1. The number of amides is 1. The quantitative estimate of drug-likeness (QED) is 0.887. The molecule has 0 radical (unpaired) electrons. The van der Waals surface area contributed by atoms with Crippen LogP contribution >= 0.6 is 0 Å². The highest BCUT2D eigenvalue weighted by Crippen LogP contribution is 2.39. The van der Waals surface area contributed by atoms with Gasteiger partial charge in [0.1, 0.15) is 0 Å². The van der Waals surface area contributed by atoms with Crippen LogP contribution in [0.15, 0.2) is 18.2 Å². The molecule has 1 aliphatic rings. The summed E-state index contributed by atoms with van der Waals surface area (Å²) in [5, 5.41) is 0. The Labute approximate surface area is 109 Å². The first-order chi connectivity index (χ1) is 8.60. The van der Waals surface area contributed by atoms with Crippen LogP contribution in [0.1, 0.15) is 56.2 Å². The second-order valence-corrected chi connectivity index (χ2v) is 5.07. The van der Waals surface area contributed by atoms with Gasteiger partial charge < -0.3 is 10.6 Å². The second kappa shape index (κ2) is 5.11. The fraction of sp³-hybridized carbons (Fsp3) is 0.533. The van der Waals surface area contributed by atoms with Gasteiger partial charge in [-0.3, -0.25) is 4.79 Å². The van der Waals surface area contributed by atoms with Gasteiger partial charge >= 0.3 is 0 Å². The van der Waals surface area contributed by atoms with E-state index in [1.165, 1.54) is 0 Å². The molecule has 1 amide bonds. The van der Waals surface area contributed by atoms with Gasteiger partial charge in [-0.25, -0.2) is 0 Å². The lowest BCUT2D eigenvalue weighted by molar-refractivity contribution is -0.119. The molecule has 1 heterocycles. The predicted octanol–water partition coefficient (Wildman–Crippen LogP) is 2.96. The van der Waals surface area contributed by atoms with Crippen molar-refractivity contribution in [3.05, 3.63) is 29.3 Å². The van der Waals surface area contributed by atoms with Gasteiger partial charge in [0.05, 0.1) is 5.92 Å². The molecule has 3 heteroatoms. The summed E-state index contributed by atoms with van der Waals surface area (Å²) >= 11 is 0. The Morgan fingerprint density at radius 2 is 2.11 bits per heavy atom. The molecule has 18 heavy (non-hydrogen) atoms. The van der Waals surface area contributed by atoms with Gasteiger partial charge in [-0.2, -0.15) is 0 Å². The molecule has 0 fully saturated rings. The van der Waals surface area contributed by atoms with Crippen molar-refractivity contribution in [3.8, 4) is 0 Å². The molecule has 3 nitrogen and oxygen atoms in total. The van der Waals surface area contributed by atoms with Crippen molar-refractivity contribution < 1.29 is 4.79 Å². The lowest BCUT2D eigenvalue weighted by atomic mass is 9.93. The van der Waals surface area contributed by atoms with Crippen LogP contribution in [0, 0.1) is 0 Å². The van der Waals surface area contributed by atoms with Crippen molar-refractivity contribution in [2.75, 3.05) is 11.9 Å². The van der Waals surface area contributed by atoms with Gasteiger partial charge in [0.2, 0.25) is 5.91 Å². The largest absolute Gasteiger partial charge is 0.324 e. The Morgan fingerprint density at radius 3 is 2.72 bits per heavy atom. The molecule has 2 rings (SSSR count). The molecule has 0 aliphatic carbocycles. The molecule has 0 aromatic heterocycles. The monoisotopic (exact) mass is 246 g/mol. The van der Waals surface area contributed by atoms with Crippen LogP contribution in [-0.4, -0.2) is 13.0 Å². The van der Waals surface area contributed by atoms with E-state index in [1.807, 2.05) is 13.1 Å². The summed E-state index contributed by atoms with van der Waals surface area (Å²) in [5.74, 6) is 0.215. The summed E-state index contributed by atoms with van der Waals surface area (Å²) < 4.78 is 0. The maximum Gasteiger partial charge on any atom is 0.234 e. The molecule has 1 aliphatic heterocycles. The average Bonchev–Trinajstić information content (AvgIpc) is 2.61. The van der Waals surface area contributed by atoms with Gasteiger partial charge in [-0.15, -0.1) is 0 Å². The molecule has 0 saturated heterocycles. The molecule has 0 bridgehead atoms. The third kappa shape index (κ3) is 2.03. The first-order valence-electron chi connectivity index (χ1n) is 6.77. The molecule has 2 unspecified atom stereocenters. The highest BCUT2D eigenvalue weighted by Gasteiger charge is 2.33. The van der Waals surface area contributed by atoms with Crippen molar-refractivity contribution in [1.29, 1.82) is 0 Å². The summed E-state index contributed by atoms with van der Waals surface area (Å²) in [7, 11) is 1.85. The number of carbonyl (C=O) groups is 1. The van der Waals surface area contributed by atoms with Gasteiger partial charge in [0, 0.05) is 18.8 Å². The van der Waals surface area contributed by atoms with E-state index in [0.29, 0.717) is 0 Å². The van der Waals surface area contributed by atoms with E-state index < -0.39 is 0 Å². The van der Waals surface area contributed by atoms with Crippen molar-refractivity contribution in [1.82, 2.24) is 0 Å². The number of hydrogen-bond acceptors (Lipinski definition) is 2. The fourth-order valence-electron chi connectivity index (χ4n) is 2.75. The Morgan fingerprint density at radius 1 is 1.39 bits per heavy atom.